The van der Waals surface area contributed by atoms with Crippen molar-refractivity contribution in [2.75, 3.05) is 5.32 Å². The van der Waals surface area contributed by atoms with E-state index in [1.165, 1.54) is 12.8 Å². The monoisotopic (exact) mass is 216 g/mol. The Morgan fingerprint density at radius 3 is 2.44 bits per heavy atom. The first-order valence-corrected chi connectivity index (χ1v) is 5.98. The molecule has 1 aromatic rings. The molecule has 0 fully saturated rings. The predicted molar refractivity (Wildman–Crippen MR) is 68.3 cm³/mol. The zero-order valence-electron chi connectivity index (χ0n) is 10.3. The minimum Gasteiger partial charge on any atom is -0.381 e. The lowest BCUT2D eigenvalue weighted by Gasteiger charge is -2.24. The second kappa shape index (κ2) is 6.17. The Morgan fingerprint density at radius 2 is 1.88 bits per heavy atom. The maximum atomic E-state index is 8.99. The van der Waals surface area contributed by atoms with Crippen LogP contribution in [0.15, 0.2) is 24.3 Å². The highest BCUT2D eigenvalue weighted by atomic mass is 14.9. The van der Waals surface area contributed by atoms with Gasteiger partial charge in [-0.15, -0.1) is 0 Å². The van der Waals surface area contributed by atoms with Crippen molar-refractivity contribution in [2.24, 2.45) is 5.92 Å². The van der Waals surface area contributed by atoms with Gasteiger partial charge in [0.1, 0.15) is 6.07 Å². The van der Waals surface area contributed by atoms with Gasteiger partial charge in [0.15, 0.2) is 0 Å². The van der Waals surface area contributed by atoms with Crippen LogP contribution in [0, 0.1) is 17.2 Å². The van der Waals surface area contributed by atoms with E-state index in [4.69, 9.17) is 5.26 Å². The Balaban J connectivity index is 2.76. The minimum atomic E-state index is 0.407. The van der Waals surface area contributed by atoms with Gasteiger partial charge < -0.3 is 5.32 Å². The van der Waals surface area contributed by atoms with Gasteiger partial charge in [0, 0.05) is 6.04 Å². The van der Waals surface area contributed by atoms with Gasteiger partial charge in [0.2, 0.25) is 0 Å². The van der Waals surface area contributed by atoms with Crippen molar-refractivity contribution in [3.63, 3.8) is 0 Å². The first-order chi connectivity index (χ1) is 7.72. The molecule has 0 aliphatic rings. The van der Waals surface area contributed by atoms with Gasteiger partial charge in [0.25, 0.3) is 0 Å². The molecule has 2 nitrogen and oxygen atoms in total. The van der Waals surface area contributed by atoms with E-state index in [1.807, 2.05) is 24.3 Å². The number of hydrogen-bond acceptors (Lipinski definition) is 2. The second-order valence-corrected chi connectivity index (χ2v) is 4.17. The summed E-state index contributed by atoms with van der Waals surface area (Å²) in [6.07, 6.45) is 2.33. The summed E-state index contributed by atoms with van der Waals surface area (Å²) in [5.41, 5.74) is 1.67. The third-order valence-corrected chi connectivity index (χ3v) is 3.19. The molecule has 1 aromatic carbocycles. The van der Waals surface area contributed by atoms with Gasteiger partial charge in [-0.05, 0) is 25.0 Å². The van der Waals surface area contributed by atoms with Crippen LogP contribution in [-0.4, -0.2) is 6.04 Å². The SMILES string of the molecule is CCC(CC)C(C)Nc1ccccc1C#N. The fourth-order valence-corrected chi connectivity index (χ4v) is 2.07. The molecule has 0 bridgehead atoms. The Labute approximate surface area is 98.3 Å². The molecule has 0 radical (unpaired) electrons. The van der Waals surface area contributed by atoms with Crippen LogP contribution in [-0.2, 0) is 0 Å². The summed E-state index contributed by atoms with van der Waals surface area (Å²) in [6, 6.07) is 10.3. The Hall–Kier alpha value is -1.49. The van der Waals surface area contributed by atoms with E-state index in [1.54, 1.807) is 0 Å². The van der Waals surface area contributed by atoms with Crippen LogP contribution >= 0.6 is 0 Å². The van der Waals surface area contributed by atoms with Crippen LogP contribution < -0.4 is 5.32 Å². The molecule has 0 saturated carbocycles. The smallest absolute Gasteiger partial charge is 0.101 e. The van der Waals surface area contributed by atoms with Crippen LogP contribution in [0.3, 0.4) is 0 Å². The van der Waals surface area contributed by atoms with E-state index in [9.17, 15) is 0 Å². The summed E-state index contributed by atoms with van der Waals surface area (Å²) < 4.78 is 0. The number of para-hydroxylation sites is 1. The van der Waals surface area contributed by atoms with Crippen LogP contribution in [0.2, 0.25) is 0 Å². The van der Waals surface area contributed by atoms with Crippen molar-refractivity contribution in [2.45, 2.75) is 39.7 Å². The predicted octanol–water partition coefficient (Wildman–Crippen LogP) is 3.79. The third kappa shape index (κ3) is 3.00. The van der Waals surface area contributed by atoms with Gasteiger partial charge in [-0.25, -0.2) is 0 Å². The lowest BCUT2D eigenvalue weighted by atomic mass is 9.95. The molecular weight excluding hydrogens is 196 g/mol. The number of hydrogen-bond donors (Lipinski definition) is 1. The first-order valence-electron chi connectivity index (χ1n) is 5.98. The van der Waals surface area contributed by atoms with E-state index in [-0.39, 0.29) is 0 Å². The molecule has 0 spiro atoms. The number of rotatable bonds is 5. The van der Waals surface area contributed by atoms with Crippen molar-refractivity contribution in [3.8, 4) is 6.07 Å². The molecule has 86 valence electrons. The molecule has 1 N–H and O–H groups in total. The maximum absolute atomic E-state index is 8.99. The normalized spacial score (nSPS) is 12.2. The quantitative estimate of drug-likeness (QED) is 0.812. The average Bonchev–Trinajstić information content (AvgIpc) is 2.31. The highest BCUT2D eigenvalue weighted by Gasteiger charge is 2.14. The van der Waals surface area contributed by atoms with Gasteiger partial charge in [-0.3, -0.25) is 0 Å². The summed E-state index contributed by atoms with van der Waals surface area (Å²) in [6.45, 7) is 6.61. The topological polar surface area (TPSA) is 35.8 Å². The van der Waals surface area contributed by atoms with Crippen LogP contribution in [0.4, 0.5) is 5.69 Å². The average molecular weight is 216 g/mol. The van der Waals surface area contributed by atoms with E-state index >= 15 is 0 Å². The van der Waals surface area contributed by atoms with Gasteiger partial charge in [-0.1, -0.05) is 38.8 Å². The Bertz CT molecular complexity index is 361. The summed E-state index contributed by atoms with van der Waals surface area (Å²) in [4.78, 5) is 0. The van der Waals surface area contributed by atoms with Crippen molar-refractivity contribution in [1.82, 2.24) is 0 Å². The molecule has 0 saturated heterocycles. The zero-order valence-corrected chi connectivity index (χ0v) is 10.3. The standard InChI is InChI=1S/C14H20N2/c1-4-12(5-2)11(3)16-14-9-7-6-8-13(14)10-15/h6-9,11-12,16H,4-5H2,1-3H3. The molecule has 0 amide bonds. The van der Waals surface area contributed by atoms with Crippen LogP contribution in [0.1, 0.15) is 39.2 Å². The largest absolute Gasteiger partial charge is 0.381 e. The number of nitrogens with zero attached hydrogens (tertiary/aromatic N) is 1. The van der Waals surface area contributed by atoms with E-state index < -0.39 is 0 Å². The Morgan fingerprint density at radius 1 is 1.25 bits per heavy atom. The number of nitrogens with one attached hydrogen (secondary N) is 1. The lowest BCUT2D eigenvalue weighted by molar-refractivity contribution is 0.438. The van der Waals surface area contributed by atoms with Crippen molar-refractivity contribution in [1.29, 1.82) is 5.26 Å². The number of benzene rings is 1. The maximum Gasteiger partial charge on any atom is 0.101 e. The third-order valence-electron chi connectivity index (χ3n) is 3.19. The highest BCUT2D eigenvalue weighted by Crippen LogP contribution is 2.20. The van der Waals surface area contributed by atoms with Crippen LogP contribution in [0.5, 0.6) is 0 Å². The molecule has 0 heterocycles. The summed E-state index contributed by atoms with van der Waals surface area (Å²) in [5, 5.41) is 12.4. The highest BCUT2D eigenvalue weighted by molar-refractivity contribution is 5.57. The molecule has 16 heavy (non-hydrogen) atoms. The molecule has 1 rings (SSSR count). The first kappa shape index (κ1) is 12.6. The molecule has 0 aliphatic heterocycles. The van der Waals surface area contributed by atoms with E-state index in [2.05, 4.69) is 32.2 Å². The molecule has 0 aromatic heterocycles. The number of nitriles is 1. The zero-order chi connectivity index (χ0) is 12.0. The molecule has 1 atom stereocenters. The van der Waals surface area contributed by atoms with Crippen molar-refractivity contribution < 1.29 is 0 Å². The van der Waals surface area contributed by atoms with Crippen molar-refractivity contribution in [3.05, 3.63) is 29.8 Å². The number of anilines is 1. The fourth-order valence-electron chi connectivity index (χ4n) is 2.07. The summed E-state index contributed by atoms with van der Waals surface area (Å²) in [5.74, 6) is 0.659. The Kier molecular flexibility index (Phi) is 4.85. The second-order valence-electron chi connectivity index (χ2n) is 4.17. The fraction of sp³-hybridized carbons (Fsp3) is 0.500. The van der Waals surface area contributed by atoms with Crippen LogP contribution in [0.25, 0.3) is 0 Å². The van der Waals surface area contributed by atoms with E-state index in [0.717, 1.165) is 11.3 Å². The lowest BCUT2D eigenvalue weighted by Crippen LogP contribution is -2.25. The minimum absolute atomic E-state index is 0.407. The van der Waals surface area contributed by atoms with Gasteiger partial charge >= 0.3 is 0 Å². The van der Waals surface area contributed by atoms with Gasteiger partial charge in [0.05, 0.1) is 11.3 Å². The molecule has 2 heteroatoms. The van der Waals surface area contributed by atoms with Crippen molar-refractivity contribution >= 4 is 5.69 Å². The molecular formula is C14H20N2. The summed E-state index contributed by atoms with van der Waals surface area (Å²) in [7, 11) is 0. The molecule has 1 unspecified atom stereocenters. The molecule has 0 aliphatic carbocycles. The van der Waals surface area contributed by atoms with E-state index in [0.29, 0.717) is 12.0 Å². The van der Waals surface area contributed by atoms with Gasteiger partial charge in [-0.2, -0.15) is 5.26 Å². The summed E-state index contributed by atoms with van der Waals surface area (Å²) >= 11 is 0.